The van der Waals surface area contributed by atoms with Gasteiger partial charge in [-0.25, -0.2) is 13.1 Å². The van der Waals surface area contributed by atoms with Crippen LogP contribution in [0.5, 0.6) is 0 Å². The molecule has 0 aliphatic carbocycles. The largest absolute Gasteiger partial charge is 0.228 e. The Bertz CT molecular complexity index is 417. The molecule has 0 spiro atoms. The second kappa shape index (κ2) is 4.55. The highest BCUT2D eigenvalue weighted by Crippen LogP contribution is 2.08. The van der Waals surface area contributed by atoms with Crippen molar-refractivity contribution in [3.8, 4) is 6.07 Å². The van der Waals surface area contributed by atoms with Gasteiger partial charge in [0.1, 0.15) is 0 Å². The smallest absolute Gasteiger partial charge is 0.211 e. The van der Waals surface area contributed by atoms with E-state index in [-0.39, 0.29) is 6.54 Å². The lowest BCUT2D eigenvalue weighted by atomic mass is 10.5. The SMILES string of the molecule is CC(C#N)S(=O)(=O)NCc1cccs1. The van der Waals surface area contributed by atoms with Crippen LogP contribution in [0.2, 0.25) is 0 Å². The van der Waals surface area contributed by atoms with E-state index < -0.39 is 15.3 Å². The summed E-state index contributed by atoms with van der Waals surface area (Å²) in [5, 5.41) is 9.32. The van der Waals surface area contributed by atoms with Gasteiger partial charge in [0.15, 0.2) is 5.25 Å². The van der Waals surface area contributed by atoms with Crippen molar-refractivity contribution in [3.63, 3.8) is 0 Å². The Balaban J connectivity index is 2.58. The van der Waals surface area contributed by atoms with Crippen LogP contribution in [-0.4, -0.2) is 13.7 Å². The number of thiophene rings is 1. The fourth-order valence-corrected chi connectivity index (χ4v) is 2.26. The molecule has 0 aliphatic heterocycles. The van der Waals surface area contributed by atoms with Gasteiger partial charge in [0, 0.05) is 11.4 Å². The highest BCUT2D eigenvalue weighted by molar-refractivity contribution is 7.90. The molecular formula is C8H10N2O2S2. The van der Waals surface area contributed by atoms with E-state index in [0.29, 0.717) is 0 Å². The number of hydrogen-bond donors (Lipinski definition) is 1. The van der Waals surface area contributed by atoms with Crippen molar-refractivity contribution in [2.75, 3.05) is 0 Å². The first-order chi connectivity index (χ1) is 6.56. The fourth-order valence-electron chi connectivity index (χ4n) is 0.779. The van der Waals surface area contributed by atoms with Crippen molar-refractivity contribution in [2.24, 2.45) is 0 Å². The monoisotopic (exact) mass is 230 g/mol. The third-order valence-electron chi connectivity index (χ3n) is 1.67. The first-order valence-electron chi connectivity index (χ1n) is 3.97. The van der Waals surface area contributed by atoms with Crippen molar-refractivity contribution in [3.05, 3.63) is 22.4 Å². The van der Waals surface area contributed by atoms with Gasteiger partial charge in [-0.2, -0.15) is 5.26 Å². The maximum Gasteiger partial charge on any atom is 0.228 e. The van der Waals surface area contributed by atoms with Crippen LogP contribution >= 0.6 is 11.3 Å². The summed E-state index contributed by atoms with van der Waals surface area (Å²) in [7, 11) is -3.49. The lowest BCUT2D eigenvalue weighted by molar-refractivity contribution is 0.577. The second-order valence-corrected chi connectivity index (χ2v) is 5.83. The van der Waals surface area contributed by atoms with E-state index in [1.807, 2.05) is 17.5 Å². The molecule has 1 rings (SSSR count). The highest BCUT2D eigenvalue weighted by Gasteiger charge is 2.19. The molecule has 1 aromatic heterocycles. The van der Waals surface area contributed by atoms with Gasteiger partial charge in [0.05, 0.1) is 6.07 Å². The summed E-state index contributed by atoms with van der Waals surface area (Å²) in [6, 6.07) is 5.37. The van der Waals surface area contributed by atoms with E-state index in [4.69, 9.17) is 5.26 Å². The van der Waals surface area contributed by atoms with E-state index in [1.165, 1.54) is 18.3 Å². The van der Waals surface area contributed by atoms with Crippen LogP contribution in [0.25, 0.3) is 0 Å². The van der Waals surface area contributed by atoms with Gasteiger partial charge >= 0.3 is 0 Å². The Kier molecular flexibility index (Phi) is 3.63. The quantitative estimate of drug-likeness (QED) is 0.841. The van der Waals surface area contributed by atoms with E-state index >= 15 is 0 Å². The molecule has 1 atom stereocenters. The second-order valence-electron chi connectivity index (χ2n) is 2.72. The summed E-state index contributed by atoms with van der Waals surface area (Å²) in [4.78, 5) is 0.929. The number of nitrogens with zero attached hydrogens (tertiary/aromatic N) is 1. The highest BCUT2D eigenvalue weighted by atomic mass is 32.2. The Morgan fingerprint density at radius 3 is 2.93 bits per heavy atom. The van der Waals surface area contributed by atoms with Crippen LogP contribution in [0.15, 0.2) is 17.5 Å². The van der Waals surface area contributed by atoms with E-state index in [9.17, 15) is 8.42 Å². The van der Waals surface area contributed by atoms with Crippen LogP contribution < -0.4 is 4.72 Å². The Morgan fingerprint density at radius 2 is 2.43 bits per heavy atom. The van der Waals surface area contributed by atoms with Crippen molar-refractivity contribution < 1.29 is 8.42 Å². The molecule has 14 heavy (non-hydrogen) atoms. The van der Waals surface area contributed by atoms with Crippen molar-refractivity contribution in [1.29, 1.82) is 5.26 Å². The van der Waals surface area contributed by atoms with E-state index in [1.54, 1.807) is 6.07 Å². The normalized spacial score (nSPS) is 13.4. The van der Waals surface area contributed by atoms with Crippen LogP contribution in [0, 0.1) is 11.3 Å². The molecule has 0 bridgehead atoms. The van der Waals surface area contributed by atoms with Crippen LogP contribution in [0.4, 0.5) is 0 Å². The Labute approximate surface area is 87.2 Å². The molecular weight excluding hydrogens is 220 g/mol. The topological polar surface area (TPSA) is 70.0 Å². The number of hydrogen-bond acceptors (Lipinski definition) is 4. The molecule has 1 N–H and O–H groups in total. The maximum absolute atomic E-state index is 11.3. The molecule has 1 heterocycles. The third kappa shape index (κ3) is 2.80. The van der Waals surface area contributed by atoms with Gasteiger partial charge in [0.25, 0.3) is 0 Å². The molecule has 6 heteroatoms. The number of rotatable bonds is 4. The van der Waals surface area contributed by atoms with E-state index in [2.05, 4.69) is 4.72 Å². The average molecular weight is 230 g/mol. The lowest BCUT2D eigenvalue weighted by Gasteiger charge is -2.05. The third-order valence-corrected chi connectivity index (χ3v) is 4.13. The van der Waals surface area contributed by atoms with E-state index in [0.717, 1.165) is 4.88 Å². The minimum absolute atomic E-state index is 0.256. The zero-order chi connectivity index (χ0) is 10.6. The summed E-state index contributed by atoms with van der Waals surface area (Å²) in [5.74, 6) is 0. The molecule has 76 valence electrons. The maximum atomic E-state index is 11.3. The molecule has 4 nitrogen and oxygen atoms in total. The zero-order valence-corrected chi connectivity index (χ0v) is 9.23. The average Bonchev–Trinajstić information content (AvgIpc) is 2.66. The summed E-state index contributed by atoms with van der Waals surface area (Å²) in [5.41, 5.74) is 0. The first-order valence-corrected chi connectivity index (χ1v) is 6.39. The molecule has 0 saturated carbocycles. The number of sulfonamides is 1. The Morgan fingerprint density at radius 1 is 1.71 bits per heavy atom. The number of nitrogens with one attached hydrogen (secondary N) is 1. The first kappa shape index (κ1) is 11.2. The van der Waals surface area contributed by atoms with Crippen LogP contribution in [0.3, 0.4) is 0 Å². The minimum atomic E-state index is -3.49. The van der Waals surface area contributed by atoms with Crippen molar-refractivity contribution in [1.82, 2.24) is 4.72 Å². The van der Waals surface area contributed by atoms with Gasteiger partial charge in [-0.05, 0) is 18.4 Å². The summed E-state index contributed by atoms with van der Waals surface area (Å²) < 4.78 is 25.0. The molecule has 0 aliphatic rings. The Hall–Kier alpha value is -0.900. The van der Waals surface area contributed by atoms with Crippen LogP contribution in [0.1, 0.15) is 11.8 Å². The summed E-state index contributed by atoms with van der Waals surface area (Å²) in [6.45, 7) is 1.61. The summed E-state index contributed by atoms with van der Waals surface area (Å²) >= 11 is 1.47. The molecule has 0 radical (unpaired) electrons. The predicted octanol–water partition coefficient (Wildman–Crippen LogP) is 1.08. The van der Waals surface area contributed by atoms with Crippen molar-refractivity contribution in [2.45, 2.75) is 18.7 Å². The van der Waals surface area contributed by atoms with Gasteiger partial charge in [-0.1, -0.05) is 6.07 Å². The van der Waals surface area contributed by atoms with Gasteiger partial charge in [-0.15, -0.1) is 11.3 Å². The van der Waals surface area contributed by atoms with Gasteiger partial charge < -0.3 is 0 Å². The molecule has 0 fully saturated rings. The predicted molar refractivity (Wildman–Crippen MR) is 55.2 cm³/mol. The molecule has 1 aromatic rings. The summed E-state index contributed by atoms with van der Waals surface area (Å²) in [6.07, 6.45) is 0. The standard InChI is InChI=1S/C8H10N2O2S2/c1-7(5-9)14(11,12)10-6-8-3-2-4-13-8/h2-4,7,10H,6H2,1H3. The van der Waals surface area contributed by atoms with Crippen molar-refractivity contribution >= 4 is 21.4 Å². The minimum Gasteiger partial charge on any atom is -0.211 e. The molecule has 1 unspecified atom stereocenters. The fraction of sp³-hybridized carbons (Fsp3) is 0.375. The molecule has 0 aromatic carbocycles. The van der Waals surface area contributed by atoms with Gasteiger partial charge in [-0.3, -0.25) is 0 Å². The van der Waals surface area contributed by atoms with Gasteiger partial charge in [0.2, 0.25) is 10.0 Å². The number of nitriles is 1. The zero-order valence-electron chi connectivity index (χ0n) is 7.60. The molecule has 0 saturated heterocycles. The molecule has 0 amide bonds. The van der Waals surface area contributed by atoms with Crippen LogP contribution in [-0.2, 0) is 16.6 Å². The lowest BCUT2D eigenvalue weighted by Crippen LogP contribution is -2.30.